The van der Waals surface area contributed by atoms with Crippen molar-refractivity contribution < 1.29 is 48.2 Å². The highest BCUT2D eigenvalue weighted by molar-refractivity contribution is 6.01. The molecule has 6 rings (SSSR count). The molecule has 6 amide bonds. The molecule has 3 aliphatic rings. The number of likely N-dealkylation sites (N-methyl/N-ethyl adjacent to an activating group) is 1. The number of pyridine rings is 1. The van der Waals surface area contributed by atoms with Gasteiger partial charge in [0.15, 0.2) is 11.7 Å². The van der Waals surface area contributed by atoms with Crippen molar-refractivity contribution in [3.05, 3.63) is 89.7 Å². The zero-order valence-corrected chi connectivity index (χ0v) is 36.0. The molecule has 0 saturated carbocycles. The number of fused-ring (bicyclic) bond motifs is 2. The summed E-state index contributed by atoms with van der Waals surface area (Å²) in [6.45, 7) is 3.02. The third-order valence-corrected chi connectivity index (χ3v) is 11.8. The second-order valence-corrected chi connectivity index (χ2v) is 16.2. The van der Waals surface area contributed by atoms with E-state index in [0.29, 0.717) is 12.0 Å². The van der Waals surface area contributed by atoms with E-state index < -0.39 is 95.2 Å². The number of hydrogen-bond acceptors (Lipinski definition) is 12. The van der Waals surface area contributed by atoms with E-state index in [0.717, 1.165) is 5.69 Å². The van der Waals surface area contributed by atoms with Crippen LogP contribution in [0.4, 0.5) is 5.69 Å². The number of carbonyl (C=O) groups is 8. The van der Waals surface area contributed by atoms with Crippen LogP contribution in [0.3, 0.4) is 0 Å². The molecule has 18 nitrogen and oxygen atoms in total. The van der Waals surface area contributed by atoms with Crippen molar-refractivity contribution in [3.63, 3.8) is 0 Å². The summed E-state index contributed by atoms with van der Waals surface area (Å²) in [4.78, 5) is 123. The summed E-state index contributed by atoms with van der Waals surface area (Å²) < 4.78 is 5.85. The molecule has 0 bridgehead atoms. The summed E-state index contributed by atoms with van der Waals surface area (Å²) in [5.74, 6) is -6.33. The smallest absolute Gasteiger partial charge is 0.333 e. The van der Waals surface area contributed by atoms with E-state index in [-0.39, 0.29) is 56.5 Å². The number of cyclic esters (lactones) is 1. The number of piperidine rings is 1. The number of amides is 6. The molecule has 4 N–H and O–H groups in total. The topological polar surface area (TPSA) is 228 Å². The van der Waals surface area contributed by atoms with Crippen molar-refractivity contribution >= 4 is 52.9 Å². The number of Topliss-reactive ketones (excluding diaryl/α,β-unsaturated/α-hetero) is 1. The molecule has 3 aromatic rings. The molecule has 0 aliphatic carbocycles. The summed E-state index contributed by atoms with van der Waals surface area (Å²) in [5.41, 5.74) is 1.45. The zero-order chi connectivity index (χ0) is 45.5. The molecule has 18 heteroatoms. The van der Waals surface area contributed by atoms with E-state index in [1.807, 2.05) is 43.3 Å². The average molecular weight is 867 g/mol. The summed E-state index contributed by atoms with van der Waals surface area (Å²) in [7, 11) is 5.25. The number of anilines is 1. The summed E-state index contributed by atoms with van der Waals surface area (Å²) in [6.07, 6.45) is 0.175. The van der Waals surface area contributed by atoms with Crippen molar-refractivity contribution in [2.45, 2.75) is 94.7 Å². The van der Waals surface area contributed by atoms with Gasteiger partial charge in [-0.05, 0) is 61.6 Å². The van der Waals surface area contributed by atoms with Crippen LogP contribution in [0.15, 0.2) is 72.9 Å². The van der Waals surface area contributed by atoms with Gasteiger partial charge in [0.1, 0.15) is 47.8 Å². The largest absolute Gasteiger partial charge is 0.505 e. The molecule has 1 aromatic heterocycles. The standard InChI is InChI=1S/C45H54N8O10/c1-6-31-42(59)52-22-11-14-32(52)43(60)51(5)34(24-27-16-18-29(19-17-27)50(3)4)44(61)53-23-20-30(54)25-33(53)39(56)49-37(28-12-8-7-9-13-28)45(62)63-26(2)36(40(57)47-31)48-41(58)38-35(55)15-10-21-46-38/h7-10,12-13,15-19,21,26,31-34,36-37,55H,6,11,14,20,22-25H2,1-5H3,(H,47,57)(H,48,58)(H,49,56)/t26-,31+,32+,33+,34-,36+,37+/m1/s1. The van der Waals surface area contributed by atoms with Crippen LogP contribution in [-0.2, 0) is 44.7 Å². The molecule has 4 heterocycles. The molecular weight excluding hydrogens is 813 g/mol. The molecule has 334 valence electrons. The number of carbonyl (C=O) groups excluding carboxylic acids is 8. The minimum absolute atomic E-state index is 0.0299. The van der Waals surface area contributed by atoms with Crippen molar-refractivity contribution in [1.82, 2.24) is 35.6 Å². The van der Waals surface area contributed by atoms with Crippen LogP contribution >= 0.6 is 0 Å². The van der Waals surface area contributed by atoms with Gasteiger partial charge in [-0.3, -0.25) is 33.6 Å². The van der Waals surface area contributed by atoms with Crippen molar-refractivity contribution in [3.8, 4) is 5.75 Å². The van der Waals surface area contributed by atoms with Gasteiger partial charge in [-0.25, -0.2) is 9.78 Å². The highest BCUT2D eigenvalue weighted by Crippen LogP contribution is 2.27. The summed E-state index contributed by atoms with van der Waals surface area (Å²) in [6, 6.07) is 10.1. The lowest BCUT2D eigenvalue weighted by atomic mass is 9.95. The Bertz CT molecular complexity index is 2220. The van der Waals surface area contributed by atoms with E-state index in [1.165, 1.54) is 47.0 Å². The fourth-order valence-electron chi connectivity index (χ4n) is 8.20. The molecule has 3 fully saturated rings. The van der Waals surface area contributed by atoms with Crippen LogP contribution in [0, 0.1) is 0 Å². The number of hydrogen-bond donors (Lipinski definition) is 4. The zero-order valence-electron chi connectivity index (χ0n) is 36.0. The average Bonchev–Trinajstić information content (AvgIpc) is 3.77. The lowest BCUT2D eigenvalue weighted by Crippen LogP contribution is -2.61. The second-order valence-electron chi connectivity index (χ2n) is 16.2. The molecule has 63 heavy (non-hydrogen) atoms. The maximum absolute atomic E-state index is 15.0. The molecule has 0 unspecified atom stereocenters. The summed E-state index contributed by atoms with van der Waals surface area (Å²) in [5, 5.41) is 18.2. The monoisotopic (exact) mass is 866 g/mol. The van der Waals surface area contributed by atoms with E-state index >= 15 is 0 Å². The van der Waals surface area contributed by atoms with Crippen LogP contribution in [0.2, 0.25) is 0 Å². The number of ether oxygens (including phenoxy) is 1. The highest BCUT2D eigenvalue weighted by atomic mass is 16.5. The Morgan fingerprint density at radius 1 is 0.873 bits per heavy atom. The van der Waals surface area contributed by atoms with Crippen molar-refractivity contribution in [1.29, 1.82) is 0 Å². The van der Waals surface area contributed by atoms with Gasteiger partial charge in [0.05, 0.1) is 0 Å². The van der Waals surface area contributed by atoms with Crippen LogP contribution in [0.1, 0.15) is 73.6 Å². The fraction of sp³-hybridized carbons (Fsp3) is 0.444. The number of aromatic hydroxyl groups is 1. The first-order valence-electron chi connectivity index (χ1n) is 21.1. The third kappa shape index (κ3) is 10.3. The minimum atomic E-state index is -1.68. The van der Waals surface area contributed by atoms with E-state index in [1.54, 1.807) is 37.3 Å². The molecule has 2 aromatic carbocycles. The van der Waals surface area contributed by atoms with Crippen LogP contribution in [-0.4, -0.2) is 143 Å². The lowest BCUT2D eigenvalue weighted by Gasteiger charge is -2.40. The van der Waals surface area contributed by atoms with Gasteiger partial charge in [0.2, 0.25) is 29.5 Å². The quantitative estimate of drug-likeness (QED) is 0.247. The van der Waals surface area contributed by atoms with Gasteiger partial charge >= 0.3 is 5.97 Å². The molecular formula is C45H54N8O10. The molecule has 3 aliphatic heterocycles. The molecule has 3 saturated heterocycles. The molecule has 7 atom stereocenters. The first-order chi connectivity index (χ1) is 30.1. The number of rotatable bonds is 7. The van der Waals surface area contributed by atoms with Gasteiger partial charge in [-0.1, -0.05) is 49.4 Å². The Kier molecular flexibility index (Phi) is 14.4. The lowest BCUT2D eigenvalue weighted by molar-refractivity contribution is -0.156. The maximum atomic E-state index is 15.0. The van der Waals surface area contributed by atoms with Gasteiger partial charge in [-0.15, -0.1) is 0 Å². The first-order valence-corrected chi connectivity index (χ1v) is 21.1. The summed E-state index contributed by atoms with van der Waals surface area (Å²) >= 11 is 0. The molecule has 0 spiro atoms. The number of ketones is 1. The number of esters is 1. The van der Waals surface area contributed by atoms with Crippen molar-refractivity contribution in [2.24, 2.45) is 0 Å². The number of nitrogens with one attached hydrogen (secondary N) is 3. The fourth-order valence-corrected chi connectivity index (χ4v) is 8.20. The van der Waals surface area contributed by atoms with Gasteiger partial charge in [0.25, 0.3) is 5.91 Å². The second kappa shape index (κ2) is 19.9. The van der Waals surface area contributed by atoms with E-state index in [9.17, 15) is 43.5 Å². The highest BCUT2D eigenvalue weighted by Gasteiger charge is 2.45. The van der Waals surface area contributed by atoms with Crippen LogP contribution in [0.5, 0.6) is 5.75 Å². The molecule has 0 radical (unpaired) electrons. The van der Waals surface area contributed by atoms with Gasteiger partial charge in [-0.2, -0.15) is 0 Å². The number of benzene rings is 2. The Labute approximate surface area is 365 Å². The normalized spacial score (nSPS) is 25.4. The van der Waals surface area contributed by atoms with Gasteiger partial charge in [0, 0.05) is 65.4 Å². The first kappa shape index (κ1) is 45.7. The maximum Gasteiger partial charge on any atom is 0.333 e. The Hall–Kier alpha value is -6.85. The van der Waals surface area contributed by atoms with E-state index in [2.05, 4.69) is 20.9 Å². The third-order valence-electron chi connectivity index (χ3n) is 11.8. The van der Waals surface area contributed by atoms with Crippen molar-refractivity contribution in [2.75, 3.05) is 39.1 Å². The number of nitrogens with zero attached hydrogens (tertiary/aromatic N) is 5. The van der Waals surface area contributed by atoms with Gasteiger partial charge < -0.3 is 45.4 Å². The Morgan fingerprint density at radius 2 is 1.57 bits per heavy atom. The Balaban J connectivity index is 1.44. The van der Waals surface area contributed by atoms with Crippen LogP contribution in [0.25, 0.3) is 0 Å². The van der Waals surface area contributed by atoms with E-state index in [4.69, 9.17) is 4.74 Å². The predicted octanol–water partition coefficient (Wildman–Crippen LogP) is 1.27. The SMILES string of the molecule is CC[C@@H]1NC(=O)[C@@H](NC(=O)c2ncccc2O)[C@@H](C)OC(=O)[C@H](c2ccccc2)NC(=O)[C@@H]2CC(=O)CCN2C(=O)[C@@H](Cc2ccc(N(C)C)cc2)N(C)C(=O)[C@@H]2CCCN2C1=O. The minimum Gasteiger partial charge on any atom is -0.505 e. The predicted molar refractivity (Wildman–Crippen MR) is 228 cm³/mol. The number of aromatic nitrogens is 1. The Morgan fingerprint density at radius 3 is 2.24 bits per heavy atom. The van der Waals surface area contributed by atoms with Crippen LogP contribution < -0.4 is 20.9 Å².